The van der Waals surface area contributed by atoms with Crippen molar-refractivity contribution >= 4 is 23.7 Å². The van der Waals surface area contributed by atoms with Gasteiger partial charge in [0.25, 0.3) is 0 Å². The van der Waals surface area contributed by atoms with Gasteiger partial charge in [0, 0.05) is 24.8 Å². The van der Waals surface area contributed by atoms with Crippen LogP contribution in [0.5, 0.6) is 5.75 Å². The lowest BCUT2D eigenvalue weighted by Crippen LogP contribution is -2.48. The van der Waals surface area contributed by atoms with Crippen molar-refractivity contribution in [1.82, 2.24) is 25.4 Å². The minimum absolute atomic E-state index is 0.0143. The summed E-state index contributed by atoms with van der Waals surface area (Å²) in [5.74, 6) is 0.935. The van der Waals surface area contributed by atoms with Gasteiger partial charge in [-0.05, 0) is 32.4 Å². The molecule has 186 valence electrons. The molecule has 2 N–H and O–H groups in total. The molecule has 0 unspecified atom stereocenters. The van der Waals surface area contributed by atoms with Crippen LogP contribution in [-0.4, -0.2) is 51.7 Å². The second-order valence-corrected chi connectivity index (χ2v) is 9.68. The first-order valence-corrected chi connectivity index (χ1v) is 12.2. The minimum Gasteiger partial charge on any atom is -0.485 e. The Bertz CT molecular complexity index is 1130. The third-order valence-electron chi connectivity index (χ3n) is 4.71. The molecule has 0 aliphatic heterocycles. The summed E-state index contributed by atoms with van der Waals surface area (Å²) >= 11 is 1.19. The van der Waals surface area contributed by atoms with Crippen LogP contribution in [0.25, 0.3) is 11.1 Å². The van der Waals surface area contributed by atoms with E-state index in [2.05, 4.69) is 20.8 Å². The number of hydrogen-bond donors (Lipinski definition) is 2. The highest BCUT2D eigenvalue weighted by Crippen LogP contribution is 2.30. The average Bonchev–Trinajstić information content (AvgIpc) is 3.21. The van der Waals surface area contributed by atoms with E-state index in [0.717, 1.165) is 16.9 Å². The number of rotatable bonds is 10. The lowest BCUT2D eigenvalue weighted by molar-refractivity contribution is -0.117. The quantitative estimate of drug-likeness (QED) is 0.409. The summed E-state index contributed by atoms with van der Waals surface area (Å²) < 4.78 is 13.2. The van der Waals surface area contributed by atoms with Crippen molar-refractivity contribution in [3.05, 3.63) is 60.4 Å². The molecule has 0 bridgehead atoms. The van der Waals surface area contributed by atoms with Crippen LogP contribution >= 0.6 is 11.8 Å². The lowest BCUT2D eigenvalue weighted by Gasteiger charge is -2.20. The van der Waals surface area contributed by atoms with Crippen molar-refractivity contribution in [2.75, 3.05) is 19.5 Å². The van der Waals surface area contributed by atoms with Gasteiger partial charge in [-0.25, -0.2) is 4.79 Å². The van der Waals surface area contributed by atoms with E-state index >= 15 is 0 Å². The standard InChI is InChI=1S/C25H31N5O4S/c1-25(2,3)27-23(32)26-22(31)17-35-24-29-28-21(30(24)14-15-33-4)16-34-20-13-9-8-12-19(20)18-10-6-5-7-11-18/h5-13H,14-17H2,1-4H3,(H2,26,27,31,32). The number of imide groups is 1. The predicted molar refractivity (Wildman–Crippen MR) is 135 cm³/mol. The molecule has 0 atom stereocenters. The van der Waals surface area contributed by atoms with Crippen LogP contribution in [-0.2, 0) is 22.7 Å². The molecule has 3 amide bonds. The molecule has 0 spiro atoms. The van der Waals surface area contributed by atoms with Gasteiger partial charge in [-0.15, -0.1) is 10.2 Å². The summed E-state index contributed by atoms with van der Waals surface area (Å²) in [6, 6.07) is 17.3. The number of amides is 3. The highest BCUT2D eigenvalue weighted by atomic mass is 32.2. The Kier molecular flexibility index (Phi) is 9.27. The molecule has 0 radical (unpaired) electrons. The zero-order valence-corrected chi connectivity index (χ0v) is 21.2. The highest BCUT2D eigenvalue weighted by Gasteiger charge is 2.18. The second-order valence-electron chi connectivity index (χ2n) is 8.74. The molecule has 10 heteroatoms. The SMILES string of the molecule is COCCn1c(COc2ccccc2-c2ccccc2)nnc1SCC(=O)NC(=O)NC(C)(C)C. The predicted octanol–water partition coefficient (Wildman–Crippen LogP) is 3.89. The fourth-order valence-corrected chi connectivity index (χ4v) is 3.98. The number of urea groups is 1. The molecule has 1 aromatic heterocycles. The third kappa shape index (κ3) is 8.11. The molecule has 0 saturated heterocycles. The van der Waals surface area contributed by atoms with E-state index in [1.54, 1.807) is 7.11 Å². The number of benzene rings is 2. The van der Waals surface area contributed by atoms with Gasteiger partial charge in [0.05, 0.1) is 12.4 Å². The molecular formula is C25H31N5O4S. The van der Waals surface area contributed by atoms with Gasteiger partial charge in [0.1, 0.15) is 12.4 Å². The monoisotopic (exact) mass is 497 g/mol. The summed E-state index contributed by atoms with van der Waals surface area (Å²) in [5.41, 5.74) is 1.60. The minimum atomic E-state index is -0.532. The van der Waals surface area contributed by atoms with E-state index in [9.17, 15) is 9.59 Å². The number of carbonyl (C=O) groups excluding carboxylic acids is 2. The number of nitrogens with zero attached hydrogens (tertiary/aromatic N) is 3. The Morgan fingerprint density at radius 3 is 2.46 bits per heavy atom. The van der Waals surface area contributed by atoms with E-state index < -0.39 is 17.5 Å². The number of methoxy groups -OCH3 is 1. The van der Waals surface area contributed by atoms with Gasteiger partial charge >= 0.3 is 6.03 Å². The number of thioether (sulfide) groups is 1. The van der Waals surface area contributed by atoms with Gasteiger partial charge in [-0.2, -0.15) is 0 Å². The first-order chi connectivity index (χ1) is 16.8. The second kappa shape index (κ2) is 12.4. The molecule has 0 aliphatic rings. The first-order valence-electron chi connectivity index (χ1n) is 11.2. The number of nitrogens with one attached hydrogen (secondary N) is 2. The molecule has 0 saturated carbocycles. The summed E-state index contributed by atoms with van der Waals surface area (Å²) in [7, 11) is 1.62. The number of para-hydroxylation sites is 1. The van der Waals surface area contributed by atoms with Crippen molar-refractivity contribution in [2.45, 2.75) is 44.6 Å². The number of ether oxygens (including phenoxy) is 2. The molecule has 1 heterocycles. The fraction of sp³-hybridized carbons (Fsp3) is 0.360. The fourth-order valence-electron chi connectivity index (χ4n) is 3.20. The van der Waals surface area contributed by atoms with Crippen LogP contribution < -0.4 is 15.4 Å². The molecule has 3 aromatic rings. The lowest BCUT2D eigenvalue weighted by atomic mass is 10.1. The van der Waals surface area contributed by atoms with E-state index in [0.29, 0.717) is 24.1 Å². The van der Waals surface area contributed by atoms with Crippen molar-refractivity contribution in [2.24, 2.45) is 0 Å². The number of carbonyl (C=O) groups is 2. The smallest absolute Gasteiger partial charge is 0.321 e. The Labute approximate surface area is 209 Å². The van der Waals surface area contributed by atoms with Crippen LogP contribution in [0.4, 0.5) is 4.79 Å². The van der Waals surface area contributed by atoms with E-state index in [1.807, 2.05) is 79.9 Å². The Morgan fingerprint density at radius 1 is 1.03 bits per heavy atom. The van der Waals surface area contributed by atoms with Crippen molar-refractivity contribution < 1.29 is 19.1 Å². The molecule has 0 aliphatic carbocycles. The van der Waals surface area contributed by atoms with E-state index in [4.69, 9.17) is 9.47 Å². The largest absolute Gasteiger partial charge is 0.485 e. The van der Waals surface area contributed by atoms with Crippen LogP contribution in [0.2, 0.25) is 0 Å². The maximum atomic E-state index is 12.2. The zero-order valence-electron chi connectivity index (χ0n) is 20.4. The summed E-state index contributed by atoms with van der Waals surface area (Å²) in [6.45, 7) is 6.65. The van der Waals surface area contributed by atoms with Gasteiger partial charge in [-0.1, -0.05) is 60.3 Å². The molecule has 35 heavy (non-hydrogen) atoms. The Balaban J connectivity index is 1.67. The molecule has 0 fully saturated rings. The topological polar surface area (TPSA) is 107 Å². The maximum absolute atomic E-state index is 12.2. The van der Waals surface area contributed by atoms with Crippen LogP contribution in [0, 0.1) is 0 Å². The van der Waals surface area contributed by atoms with E-state index in [-0.39, 0.29) is 12.4 Å². The van der Waals surface area contributed by atoms with Crippen LogP contribution in [0.15, 0.2) is 59.8 Å². The maximum Gasteiger partial charge on any atom is 0.321 e. The number of aromatic nitrogens is 3. The molecular weight excluding hydrogens is 466 g/mol. The zero-order chi connectivity index (χ0) is 25.3. The average molecular weight is 498 g/mol. The highest BCUT2D eigenvalue weighted by molar-refractivity contribution is 7.99. The van der Waals surface area contributed by atoms with Crippen LogP contribution in [0.1, 0.15) is 26.6 Å². The van der Waals surface area contributed by atoms with Gasteiger partial charge in [0.2, 0.25) is 5.91 Å². The normalized spacial score (nSPS) is 11.2. The molecule has 3 rings (SSSR count). The Morgan fingerprint density at radius 2 is 1.74 bits per heavy atom. The molecule has 9 nitrogen and oxygen atoms in total. The summed E-state index contributed by atoms with van der Waals surface area (Å²) in [5, 5.41) is 14.1. The summed E-state index contributed by atoms with van der Waals surface area (Å²) in [4.78, 5) is 24.2. The van der Waals surface area contributed by atoms with Crippen molar-refractivity contribution in [3.63, 3.8) is 0 Å². The van der Waals surface area contributed by atoms with E-state index in [1.165, 1.54) is 11.8 Å². The van der Waals surface area contributed by atoms with Crippen molar-refractivity contribution in [3.8, 4) is 16.9 Å². The van der Waals surface area contributed by atoms with Gasteiger partial charge in [0.15, 0.2) is 11.0 Å². The summed E-state index contributed by atoms with van der Waals surface area (Å²) in [6.07, 6.45) is 0. The van der Waals surface area contributed by atoms with Crippen LogP contribution in [0.3, 0.4) is 0 Å². The van der Waals surface area contributed by atoms with Gasteiger partial charge < -0.3 is 19.4 Å². The van der Waals surface area contributed by atoms with Crippen molar-refractivity contribution in [1.29, 1.82) is 0 Å². The van der Waals surface area contributed by atoms with Gasteiger partial charge in [-0.3, -0.25) is 10.1 Å². The Hall–Kier alpha value is -3.37. The number of hydrogen-bond acceptors (Lipinski definition) is 7. The molecule has 2 aromatic carbocycles. The first kappa shape index (κ1) is 26.2. The third-order valence-corrected chi connectivity index (χ3v) is 5.68.